The molecule has 1 aliphatic heterocycles. The van der Waals surface area contributed by atoms with Crippen LogP contribution in [-0.2, 0) is 9.59 Å². The summed E-state index contributed by atoms with van der Waals surface area (Å²) in [6.45, 7) is 1.91. The van der Waals surface area contributed by atoms with Crippen molar-refractivity contribution in [2.24, 2.45) is 5.92 Å². The first-order chi connectivity index (χ1) is 7.74. The third-order valence-electron chi connectivity index (χ3n) is 3.05. The van der Waals surface area contributed by atoms with E-state index in [2.05, 4.69) is 16.0 Å². The molecule has 1 unspecified atom stereocenters. The van der Waals surface area contributed by atoms with Crippen molar-refractivity contribution in [2.45, 2.75) is 31.7 Å². The molecule has 2 amide bonds. The minimum Gasteiger partial charge on any atom is -0.354 e. The Morgan fingerprint density at radius 2 is 2.12 bits per heavy atom. The fraction of sp³-hybridized carbons (Fsp3) is 0.818. The van der Waals surface area contributed by atoms with Gasteiger partial charge in [0.05, 0.1) is 6.54 Å². The quantitative estimate of drug-likeness (QED) is 0.642. The highest BCUT2D eigenvalue weighted by Crippen LogP contribution is 2.27. The highest BCUT2D eigenvalue weighted by atomic mass is 35.5. The summed E-state index contributed by atoms with van der Waals surface area (Å²) in [5, 5.41) is 8.81. The lowest BCUT2D eigenvalue weighted by Gasteiger charge is -2.23. The van der Waals surface area contributed by atoms with E-state index in [0.717, 1.165) is 18.9 Å². The lowest BCUT2D eigenvalue weighted by molar-refractivity contribution is -0.125. The topological polar surface area (TPSA) is 70.2 Å². The molecule has 2 fully saturated rings. The molecule has 6 heteroatoms. The van der Waals surface area contributed by atoms with Crippen LogP contribution in [0.15, 0.2) is 0 Å². The van der Waals surface area contributed by atoms with E-state index in [1.165, 1.54) is 12.8 Å². The summed E-state index contributed by atoms with van der Waals surface area (Å²) in [5.41, 5.74) is 0. The molecule has 1 aliphatic carbocycles. The van der Waals surface area contributed by atoms with Crippen LogP contribution in [-0.4, -0.2) is 37.5 Å². The maximum absolute atomic E-state index is 11.5. The van der Waals surface area contributed by atoms with Crippen molar-refractivity contribution in [1.29, 1.82) is 0 Å². The lowest BCUT2D eigenvalue weighted by Crippen LogP contribution is -2.49. The standard InChI is InChI=1S/C11H19N3O2.ClH/c15-10-4-3-9(6-13-10)14-11(16)7-12-5-8-1-2-8;/h8-9,12H,1-7H2,(H,13,15)(H,14,16);1H. The van der Waals surface area contributed by atoms with E-state index in [9.17, 15) is 9.59 Å². The Morgan fingerprint density at radius 3 is 2.71 bits per heavy atom. The van der Waals surface area contributed by atoms with Crippen LogP contribution in [0.3, 0.4) is 0 Å². The van der Waals surface area contributed by atoms with Crippen LogP contribution < -0.4 is 16.0 Å². The van der Waals surface area contributed by atoms with Gasteiger partial charge in [0.2, 0.25) is 11.8 Å². The fourth-order valence-electron chi connectivity index (χ4n) is 1.85. The summed E-state index contributed by atoms with van der Waals surface area (Å²) in [6, 6.07) is 0.105. The molecular weight excluding hydrogens is 242 g/mol. The molecule has 3 N–H and O–H groups in total. The Balaban J connectivity index is 0.00000144. The molecule has 1 saturated carbocycles. The zero-order valence-electron chi connectivity index (χ0n) is 9.83. The van der Waals surface area contributed by atoms with Gasteiger partial charge in [0, 0.05) is 19.0 Å². The lowest BCUT2D eigenvalue weighted by atomic mass is 10.1. The molecule has 0 aromatic heterocycles. The largest absolute Gasteiger partial charge is 0.354 e. The van der Waals surface area contributed by atoms with Crippen LogP contribution >= 0.6 is 12.4 Å². The smallest absolute Gasteiger partial charge is 0.234 e. The van der Waals surface area contributed by atoms with Crippen molar-refractivity contribution in [2.75, 3.05) is 19.6 Å². The highest BCUT2D eigenvalue weighted by molar-refractivity contribution is 5.85. The average molecular weight is 262 g/mol. The second-order valence-electron chi connectivity index (χ2n) is 4.68. The molecule has 2 rings (SSSR count). The van der Waals surface area contributed by atoms with Crippen molar-refractivity contribution >= 4 is 24.2 Å². The van der Waals surface area contributed by atoms with Crippen molar-refractivity contribution < 1.29 is 9.59 Å². The Labute approximate surface area is 108 Å². The van der Waals surface area contributed by atoms with E-state index in [1.54, 1.807) is 0 Å². The third-order valence-corrected chi connectivity index (χ3v) is 3.05. The number of carbonyl (C=O) groups is 2. The molecule has 17 heavy (non-hydrogen) atoms. The minimum absolute atomic E-state index is 0. The number of carbonyl (C=O) groups excluding carboxylic acids is 2. The SMILES string of the molecule is Cl.O=C1CCC(NC(=O)CNCC2CC2)CN1. The van der Waals surface area contributed by atoms with Crippen molar-refractivity contribution in [3.8, 4) is 0 Å². The van der Waals surface area contributed by atoms with E-state index in [-0.39, 0.29) is 30.3 Å². The predicted octanol–water partition coefficient (Wildman–Crippen LogP) is -0.197. The van der Waals surface area contributed by atoms with Crippen LogP contribution in [0, 0.1) is 5.92 Å². The van der Waals surface area contributed by atoms with Gasteiger partial charge < -0.3 is 16.0 Å². The summed E-state index contributed by atoms with van der Waals surface area (Å²) < 4.78 is 0. The molecule has 0 bridgehead atoms. The van der Waals surface area contributed by atoms with Crippen LogP contribution in [0.5, 0.6) is 0 Å². The first kappa shape index (κ1) is 14.3. The summed E-state index contributed by atoms with van der Waals surface area (Å²) >= 11 is 0. The summed E-state index contributed by atoms with van der Waals surface area (Å²) in [5.74, 6) is 0.904. The normalized spacial score (nSPS) is 23.5. The predicted molar refractivity (Wildman–Crippen MR) is 67.0 cm³/mol. The Morgan fingerprint density at radius 1 is 1.35 bits per heavy atom. The summed E-state index contributed by atoms with van der Waals surface area (Å²) in [7, 11) is 0. The Kier molecular flexibility index (Phi) is 5.71. The second-order valence-corrected chi connectivity index (χ2v) is 4.68. The number of hydrogen-bond donors (Lipinski definition) is 3. The van der Waals surface area contributed by atoms with Crippen molar-refractivity contribution in [3.63, 3.8) is 0 Å². The molecule has 2 aliphatic rings. The summed E-state index contributed by atoms with van der Waals surface area (Å²) in [4.78, 5) is 22.4. The summed E-state index contributed by atoms with van der Waals surface area (Å²) in [6.07, 6.45) is 3.85. The number of halogens is 1. The van der Waals surface area contributed by atoms with E-state index in [0.29, 0.717) is 19.5 Å². The van der Waals surface area contributed by atoms with Gasteiger partial charge in [0.1, 0.15) is 0 Å². The van der Waals surface area contributed by atoms with Gasteiger partial charge in [-0.25, -0.2) is 0 Å². The van der Waals surface area contributed by atoms with Gasteiger partial charge >= 0.3 is 0 Å². The Bertz CT molecular complexity index is 272. The first-order valence-electron chi connectivity index (χ1n) is 6.01. The molecule has 0 aromatic rings. The maximum Gasteiger partial charge on any atom is 0.234 e. The van der Waals surface area contributed by atoms with E-state index in [4.69, 9.17) is 0 Å². The van der Waals surface area contributed by atoms with Crippen LogP contribution in [0.4, 0.5) is 0 Å². The van der Waals surface area contributed by atoms with Gasteiger partial charge in [-0.1, -0.05) is 0 Å². The van der Waals surface area contributed by atoms with Gasteiger partial charge in [-0.05, 0) is 31.7 Å². The minimum atomic E-state index is 0. The monoisotopic (exact) mass is 261 g/mol. The molecule has 0 spiro atoms. The van der Waals surface area contributed by atoms with E-state index < -0.39 is 0 Å². The van der Waals surface area contributed by atoms with Crippen molar-refractivity contribution in [1.82, 2.24) is 16.0 Å². The molecular formula is C11H20ClN3O2. The van der Waals surface area contributed by atoms with E-state index in [1.807, 2.05) is 0 Å². The molecule has 1 atom stereocenters. The first-order valence-corrected chi connectivity index (χ1v) is 6.01. The fourth-order valence-corrected chi connectivity index (χ4v) is 1.85. The van der Waals surface area contributed by atoms with Crippen molar-refractivity contribution in [3.05, 3.63) is 0 Å². The van der Waals surface area contributed by atoms with Crippen LogP contribution in [0.25, 0.3) is 0 Å². The van der Waals surface area contributed by atoms with Gasteiger partial charge in [0.15, 0.2) is 0 Å². The zero-order valence-corrected chi connectivity index (χ0v) is 10.6. The number of piperidine rings is 1. The molecule has 0 radical (unpaired) electrons. The maximum atomic E-state index is 11.5. The number of nitrogens with one attached hydrogen (secondary N) is 3. The molecule has 1 saturated heterocycles. The number of hydrogen-bond acceptors (Lipinski definition) is 3. The van der Waals surface area contributed by atoms with Gasteiger partial charge in [0.25, 0.3) is 0 Å². The zero-order chi connectivity index (χ0) is 11.4. The molecule has 1 heterocycles. The Hall–Kier alpha value is -0.810. The molecule has 0 aromatic carbocycles. The number of amides is 2. The molecule has 5 nitrogen and oxygen atoms in total. The van der Waals surface area contributed by atoms with Crippen LogP contribution in [0.1, 0.15) is 25.7 Å². The highest BCUT2D eigenvalue weighted by Gasteiger charge is 2.22. The van der Waals surface area contributed by atoms with Gasteiger partial charge in [-0.2, -0.15) is 0 Å². The van der Waals surface area contributed by atoms with Crippen LogP contribution in [0.2, 0.25) is 0 Å². The van der Waals surface area contributed by atoms with Gasteiger partial charge in [-0.15, -0.1) is 12.4 Å². The third kappa shape index (κ3) is 5.37. The van der Waals surface area contributed by atoms with Gasteiger partial charge in [-0.3, -0.25) is 9.59 Å². The second kappa shape index (κ2) is 6.81. The van der Waals surface area contributed by atoms with E-state index >= 15 is 0 Å². The molecule has 98 valence electrons. The average Bonchev–Trinajstić information content (AvgIpc) is 3.05. The number of rotatable bonds is 5.